The van der Waals surface area contributed by atoms with E-state index in [2.05, 4.69) is 10.3 Å². The third kappa shape index (κ3) is 1.94. The topological polar surface area (TPSA) is 84.6 Å². The standard InChI is InChI=1S/C10H11N3O2.ClH/c1-6(10(11)12-14)9-7-4-2-3-5-8(7)15-13-9;/h2-6,14H,1H3,(H2,11,12);1H. The number of fused-ring (bicyclic) bond motifs is 1. The molecule has 0 aliphatic carbocycles. The summed E-state index contributed by atoms with van der Waals surface area (Å²) in [6.07, 6.45) is 0. The molecule has 2 rings (SSSR count). The number of nitrogens with zero attached hydrogens (tertiary/aromatic N) is 2. The predicted molar refractivity (Wildman–Crippen MR) is 63.1 cm³/mol. The van der Waals surface area contributed by atoms with Crippen molar-refractivity contribution in [2.75, 3.05) is 0 Å². The molecule has 0 fully saturated rings. The Morgan fingerprint density at radius 3 is 2.88 bits per heavy atom. The third-order valence-corrected chi connectivity index (χ3v) is 2.37. The van der Waals surface area contributed by atoms with Crippen LogP contribution in [0.3, 0.4) is 0 Å². The number of aromatic nitrogens is 1. The van der Waals surface area contributed by atoms with Gasteiger partial charge in [-0.1, -0.05) is 22.4 Å². The molecule has 0 saturated carbocycles. The molecule has 0 saturated heterocycles. The van der Waals surface area contributed by atoms with E-state index < -0.39 is 0 Å². The molecule has 5 nitrogen and oxygen atoms in total. The Hall–Kier alpha value is -1.75. The van der Waals surface area contributed by atoms with Crippen LogP contribution in [0.25, 0.3) is 11.0 Å². The van der Waals surface area contributed by atoms with Crippen molar-refractivity contribution in [3.05, 3.63) is 30.0 Å². The van der Waals surface area contributed by atoms with Gasteiger partial charge in [-0.25, -0.2) is 0 Å². The molecule has 0 bridgehead atoms. The van der Waals surface area contributed by atoms with E-state index >= 15 is 0 Å². The average molecular weight is 242 g/mol. The lowest BCUT2D eigenvalue weighted by Gasteiger charge is -2.04. The van der Waals surface area contributed by atoms with Crippen LogP contribution in [0.4, 0.5) is 0 Å². The minimum absolute atomic E-state index is 0. The van der Waals surface area contributed by atoms with Gasteiger partial charge in [0.25, 0.3) is 0 Å². The number of amidine groups is 1. The van der Waals surface area contributed by atoms with Gasteiger partial charge in [0, 0.05) is 5.39 Å². The molecular weight excluding hydrogens is 230 g/mol. The van der Waals surface area contributed by atoms with Gasteiger partial charge in [0.2, 0.25) is 0 Å². The first kappa shape index (κ1) is 12.3. The number of rotatable bonds is 2. The van der Waals surface area contributed by atoms with Crippen molar-refractivity contribution in [2.45, 2.75) is 12.8 Å². The van der Waals surface area contributed by atoms with Crippen LogP contribution in [0, 0.1) is 0 Å². The van der Waals surface area contributed by atoms with Crippen LogP contribution < -0.4 is 5.73 Å². The molecule has 6 heteroatoms. The Balaban J connectivity index is 0.00000128. The summed E-state index contributed by atoms with van der Waals surface area (Å²) in [7, 11) is 0. The molecule has 3 N–H and O–H groups in total. The van der Waals surface area contributed by atoms with Gasteiger partial charge in [-0.3, -0.25) is 0 Å². The Morgan fingerprint density at radius 1 is 1.50 bits per heavy atom. The number of nitrogens with two attached hydrogens (primary N) is 1. The molecule has 0 amide bonds. The second kappa shape index (κ2) is 4.85. The second-order valence-electron chi connectivity index (χ2n) is 3.31. The van der Waals surface area contributed by atoms with Crippen molar-refractivity contribution in [1.29, 1.82) is 0 Å². The fraction of sp³-hybridized carbons (Fsp3) is 0.200. The van der Waals surface area contributed by atoms with Gasteiger partial charge in [-0.15, -0.1) is 12.4 Å². The molecule has 1 unspecified atom stereocenters. The first-order valence-electron chi connectivity index (χ1n) is 4.55. The second-order valence-corrected chi connectivity index (χ2v) is 3.31. The molecule has 0 radical (unpaired) electrons. The van der Waals surface area contributed by atoms with E-state index in [1.165, 1.54) is 0 Å². The summed E-state index contributed by atoms with van der Waals surface area (Å²) < 4.78 is 5.12. The first-order valence-corrected chi connectivity index (χ1v) is 4.55. The first-order chi connectivity index (χ1) is 7.24. The molecule has 1 heterocycles. The highest BCUT2D eigenvalue weighted by molar-refractivity contribution is 5.91. The van der Waals surface area contributed by atoms with Gasteiger partial charge in [-0.05, 0) is 19.1 Å². The van der Waals surface area contributed by atoms with Crippen LogP contribution >= 0.6 is 12.4 Å². The molecule has 86 valence electrons. The molecular formula is C10H12ClN3O2. The number of para-hydroxylation sites is 1. The van der Waals surface area contributed by atoms with Crippen LogP contribution in [-0.4, -0.2) is 16.2 Å². The number of hydrogen-bond acceptors (Lipinski definition) is 4. The lowest BCUT2D eigenvalue weighted by atomic mass is 10.0. The Labute approximate surface area is 98.3 Å². The maximum atomic E-state index is 8.58. The zero-order chi connectivity index (χ0) is 10.8. The Kier molecular flexibility index (Phi) is 3.73. The molecule has 1 atom stereocenters. The maximum Gasteiger partial charge on any atom is 0.167 e. The zero-order valence-corrected chi connectivity index (χ0v) is 9.44. The minimum atomic E-state index is -0.265. The summed E-state index contributed by atoms with van der Waals surface area (Å²) in [5, 5.41) is 16.3. The van der Waals surface area contributed by atoms with Crippen molar-refractivity contribution in [1.82, 2.24) is 5.16 Å². The van der Waals surface area contributed by atoms with Gasteiger partial charge < -0.3 is 15.5 Å². The van der Waals surface area contributed by atoms with Crippen molar-refractivity contribution in [3.8, 4) is 0 Å². The lowest BCUT2D eigenvalue weighted by molar-refractivity contribution is 0.316. The largest absolute Gasteiger partial charge is 0.409 e. The molecule has 1 aromatic carbocycles. The summed E-state index contributed by atoms with van der Waals surface area (Å²) in [5.41, 5.74) is 6.90. The number of oxime groups is 1. The minimum Gasteiger partial charge on any atom is -0.409 e. The third-order valence-electron chi connectivity index (χ3n) is 2.37. The van der Waals surface area contributed by atoms with Gasteiger partial charge in [-0.2, -0.15) is 0 Å². The van der Waals surface area contributed by atoms with Crippen molar-refractivity contribution in [3.63, 3.8) is 0 Å². The van der Waals surface area contributed by atoms with Crippen LogP contribution in [0.15, 0.2) is 33.9 Å². The SMILES string of the molecule is CC(C(N)=NO)c1noc2ccccc12.Cl. The summed E-state index contributed by atoms with van der Waals surface area (Å²) in [5.74, 6) is -0.146. The van der Waals surface area contributed by atoms with E-state index in [0.717, 1.165) is 5.39 Å². The van der Waals surface area contributed by atoms with E-state index in [0.29, 0.717) is 11.3 Å². The monoisotopic (exact) mass is 241 g/mol. The van der Waals surface area contributed by atoms with Crippen molar-refractivity contribution >= 4 is 29.2 Å². The molecule has 16 heavy (non-hydrogen) atoms. The highest BCUT2D eigenvalue weighted by Crippen LogP contribution is 2.24. The predicted octanol–water partition coefficient (Wildman–Crippen LogP) is 2.10. The summed E-state index contributed by atoms with van der Waals surface area (Å²) in [6.45, 7) is 1.80. The van der Waals surface area contributed by atoms with Crippen LogP contribution in [-0.2, 0) is 0 Å². The van der Waals surface area contributed by atoms with Gasteiger partial charge in [0.15, 0.2) is 5.58 Å². The van der Waals surface area contributed by atoms with Crippen LogP contribution in [0.1, 0.15) is 18.5 Å². The number of hydrogen-bond donors (Lipinski definition) is 2. The number of halogens is 1. The maximum absolute atomic E-state index is 8.58. The highest BCUT2D eigenvalue weighted by Gasteiger charge is 2.18. The van der Waals surface area contributed by atoms with Crippen molar-refractivity contribution in [2.24, 2.45) is 10.9 Å². The molecule has 0 aliphatic heterocycles. The quantitative estimate of drug-likeness (QED) is 0.365. The molecule has 0 spiro atoms. The van der Waals surface area contributed by atoms with Gasteiger partial charge in [0.1, 0.15) is 11.5 Å². The smallest absolute Gasteiger partial charge is 0.167 e. The van der Waals surface area contributed by atoms with E-state index in [4.69, 9.17) is 15.5 Å². The van der Waals surface area contributed by atoms with Gasteiger partial charge >= 0.3 is 0 Å². The fourth-order valence-corrected chi connectivity index (χ4v) is 1.44. The molecule has 1 aromatic heterocycles. The fourth-order valence-electron chi connectivity index (χ4n) is 1.44. The van der Waals surface area contributed by atoms with Gasteiger partial charge in [0.05, 0.1) is 5.92 Å². The van der Waals surface area contributed by atoms with Crippen LogP contribution in [0.2, 0.25) is 0 Å². The lowest BCUT2D eigenvalue weighted by Crippen LogP contribution is -2.19. The highest BCUT2D eigenvalue weighted by atomic mass is 35.5. The average Bonchev–Trinajstić information content (AvgIpc) is 2.70. The van der Waals surface area contributed by atoms with E-state index in [-0.39, 0.29) is 24.2 Å². The number of benzene rings is 1. The van der Waals surface area contributed by atoms with E-state index in [1.54, 1.807) is 6.92 Å². The molecule has 0 aliphatic rings. The summed E-state index contributed by atoms with van der Waals surface area (Å²) >= 11 is 0. The summed E-state index contributed by atoms with van der Waals surface area (Å²) in [4.78, 5) is 0. The van der Waals surface area contributed by atoms with E-state index in [9.17, 15) is 0 Å². The van der Waals surface area contributed by atoms with Crippen molar-refractivity contribution < 1.29 is 9.73 Å². The van der Waals surface area contributed by atoms with E-state index in [1.807, 2.05) is 24.3 Å². The van der Waals surface area contributed by atoms with Crippen LogP contribution in [0.5, 0.6) is 0 Å². The Morgan fingerprint density at radius 2 is 2.19 bits per heavy atom. The zero-order valence-electron chi connectivity index (χ0n) is 8.62. The Bertz CT molecular complexity index is 509. The summed E-state index contributed by atoms with van der Waals surface area (Å²) in [6, 6.07) is 7.47. The normalized spacial score (nSPS) is 13.4. The molecule has 2 aromatic rings.